The fourth-order valence-electron chi connectivity index (χ4n) is 2.26. The number of fused-ring (bicyclic) bond motifs is 2. The molecule has 0 aliphatic heterocycles. The molecule has 2 N–H and O–H groups in total. The van der Waals surface area contributed by atoms with Crippen LogP contribution in [-0.4, -0.2) is 16.0 Å². The number of aliphatic hydroxyl groups is 2. The molecule has 0 heterocycles. The zero-order valence-corrected chi connectivity index (χ0v) is 8.92. The van der Waals surface area contributed by atoms with E-state index in [1.807, 2.05) is 0 Å². The summed E-state index contributed by atoms with van der Waals surface area (Å²) in [7, 11) is 0. The smallest absolute Gasteiger partial charge is 0.218 e. The van der Waals surface area contributed by atoms with E-state index in [1.54, 1.807) is 48.5 Å². The highest BCUT2D eigenvalue weighted by molar-refractivity contribution is 6.12. The molecule has 1 aliphatic carbocycles. The molecule has 0 saturated carbocycles. The molecule has 0 radical (unpaired) electrons. The van der Waals surface area contributed by atoms with E-state index in [-0.39, 0.29) is 16.9 Å². The zero-order chi connectivity index (χ0) is 12.0. The van der Waals surface area contributed by atoms with Gasteiger partial charge in [-0.15, -0.1) is 0 Å². The molecule has 17 heavy (non-hydrogen) atoms. The van der Waals surface area contributed by atoms with Gasteiger partial charge in [0.05, 0.1) is 0 Å². The molecule has 0 fully saturated rings. The van der Waals surface area contributed by atoms with Crippen LogP contribution in [0.4, 0.5) is 0 Å². The highest BCUT2D eigenvalue weighted by Crippen LogP contribution is 2.37. The van der Waals surface area contributed by atoms with Crippen LogP contribution >= 0.6 is 0 Å². The van der Waals surface area contributed by atoms with Crippen LogP contribution in [0.15, 0.2) is 48.5 Å². The number of benzene rings is 2. The van der Waals surface area contributed by atoms with Gasteiger partial charge in [0, 0.05) is 22.3 Å². The summed E-state index contributed by atoms with van der Waals surface area (Å²) in [6.45, 7) is 0. The summed E-state index contributed by atoms with van der Waals surface area (Å²) in [6.07, 6.45) is 0. The van der Waals surface area contributed by atoms with Crippen molar-refractivity contribution >= 4 is 5.78 Å². The molecule has 2 aromatic rings. The Morgan fingerprint density at radius 1 is 0.765 bits per heavy atom. The third-order valence-corrected chi connectivity index (χ3v) is 3.09. The van der Waals surface area contributed by atoms with Crippen LogP contribution in [0.1, 0.15) is 27.0 Å². The number of carbonyl (C=O) groups excluding carboxylic acids is 1. The fourth-order valence-corrected chi connectivity index (χ4v) is 2.26. The normalized spacial score (nSPS) is 16.2. The molecule has 0 saturated heterocycles. The predicted molar refractivity (Wildman–Crippen MR) is 61.5 cm³/mol. The minimum absolute atomic E-state index is 0.171. The van der Waals surface area contributed by atoms with Crippen LogP contribution in [-0.2, 0) is 5.79 Å². The second-order valence-corrected chi connectivity index (χ2v) is 4.09. The lowest BCUT2D eigenvalue weighted by molar-refractivity contribution is -0.133. The van der Waals surface area contributed by atoms with Crippen molar-refractivity contribution in [3.8, 4) is 0 Å². The van der Waals surface area contributed by atoms with E-state index in [1.165, 1.54) is 0 Å². The third kappa shape index (κ3) is 1.27. The predicted octanol–water partition coefficient (Wildman–Crippen LogP) is 1.42. The minimum atomic E-state index is -2.10. The van der Waals surface area contributed by atoms with Crippen molar-refractivity contribution in [3.63, 3.8) is 0 Å². The molecular formula is C14H10O3. The van der Waals surface area contributed by atoms with E-state index < -0.39 is 5.79 Å². The molecule has 3 nitrogen and oxygen atoms in total. The highest BCUT2D eigenvalue weighted by atomic mass is 16.5. The second-order valence-electron chi connectivity index (χ2n) is 4.09. The Hall–Kier alpha value is -1.97. The third-order valence-electron chi connectivity index (χ3n) is 3.09. The van der Waals surface area contributed by atoms with Crippen LogP contribution in [0, 0.1) is 0 Å². The summed E-state index contributed by atoms with van der Waals surface area (Å²) < 4.78 is 0. The van der Waals surface area contributed by atoms with E-state index in [0.717, 1.165) is 0 Å². The Kier molecular flexibility index (Phi) is 1.96. The first-order chi connectivity index (χ1) is 8.12. The first-order valence-electron chi connectivity index (χ1n) is 5.31. The zero-order valence-electron chi connectivity index (χ0n) is 8.92. The van der Waals surface area contributed by atoms with Gasteiger partial charge in [-0.25, -0.2) is 0 Å². The van der Waals surface area contributed by atoms with Gasteiger partial charge < -0.3 is 10.2 Å². The van der Waals surface area contributed by atoms with E-state index in [4.69, 9.17) is 0 Å². The lowest BCUT2D eigenvalue weighted by atomic mass is 9.81. The van der Waals surface area contributed by atoms with Crippen molar-refractivity contribution in [1.82, 2.24) is 0 Å². The maximum Gasteiger partial charge on any atom is 0.218 e. The molecule has 1 aliphatic rings. The van der Waals surface area contributed by atoms with Gasteiger partial charge in [-0.3, -0.25) is 4.79 Å². The number of carbonyl (C=O) groups is 1. The van der Waals surface area contributed by atoms with Crippen LogP contribution in [0.3, 0.4) is 0 Å². The molecule has 0 aromatic heterocycles. The quantitative estimate of drug-likeness (QED) is 0.668. The van der Waals surface area contributed by atoms with E-state index in [9.17, 15) is 15.0 Å². The van der Waals surface area contributed by atoms with E-state index in [2.05, 4.69) is 0 Å². The van der Waals surface area contributed by atoms with Crippen LogP contribution in [0.25, 0.3) is 0 Å². The number of ketones is 1. The molecule has 84 valence electrons. The van der Waals surface area contributed by atoms with Crippen molar-refractivity contribution in [2.24, 2.45) is 0 Å². The molecule has 0 atom stereocenters. The Bertz CT molecular complexity index is 563. The summed E-state index contributed by atoms with van der Waals surface area (Å²) in [6, 6.07) is 13.1. The van der Waals surface area contributed by atoms with Crippen molar-refractivity contribution in [2.75, 3.05) is 0 Å². The van der Waals surface area contributed by atoms with Crippen molar-refractivity contribution < 1.29 is 15.0 Å². The van der Waals surface area contributed by atoms with Crippen LogP contribution < -0.4 is 0 Å². The minimum Gasteiger partial charge on any atom is -0.358 e. The first kappa shape index (κ1) is 10.2. The van der Waals surface area contributed by atoms with Crippen LogP contribution in [0.2, 0.25) is 0 Å². The van der Waals surface area contributed by atoms with E-state index >= 15 is 0 Å². The molecule has 0 unspecified atom stereocenters. The summed E-state index contributed by atoms with van der Waals surface area (Å²) in [4.78, 5) is 12.2. The van der Waals surface area contributed by atoms with Gasteiger partial charge in [0.25, 0.3) is 0 Å². The Morgan fingerprint density at radius 2 is 1.18 bits per heavy atom. The van der Waals surface area contributed by atoms with Gasteiger partial charge in [-0.2, -0.15) is 0 Å². The molecule has 2 aromatic carbocycles. The van der Waals surface area contributed by atoms with Gasteiger partial charge in [0.15, 0.2) is 5.78 Å². The van der Waals surface area contributed by atoms with Crippen molar-refractivity contribution in [1.29, 1.82) is 0 Å². The number of hydrogen-bond acceptors (Lipinski definition) is 3. The van der Waals surface area contributed by atoms with E-state index in [0.29, 0.717) is 11.1 Å². The monoisotopic (exact) mass is 226 g/mol. The Morgan fingerprint density at radius 3 is 1.65 bits per heavy atom. The molecule has 3 rings (SSSR count). The first-order valence-corrected chi connectivity index (χ1v) is 5.31. The summed E-state index contributed by atoms with van der Waals surface area (Å²) in [5.74, 6) is -2.27. The second kappa shape index (κ2) is 3.26. The van der Waals surface area contributed by atoms with Gasteiger partial charge in [-0.05, 0) is 0 Å². The summed E-state index contributed by atoms with van der Waals surface area (Å²) >= 11 is 0. The maximum absolute atomic E-state index is 12.2. The standard InChI is InChI=1S/C14H10O3/c15-13-9-5-1-3-7-11(9)14(16,17)12-8-4-2-6-10(12)13/h1-8,16-17H. The summed E-state index contributed by atoms with van der Waals surface area (Å²) in [5.41, 5.74) is 1.17. The molecule has 0 spiro atoms. The average Bonchev–Trinajstić information content (AvgIpc) is 2.37. The van der Waals surface area contributed by atoms with Crippen molar-refractivity contribution in [2.45, 2.75) is 5.79 Å². The van der Waals surface area contributed by atoms with Gasteiger partial charge >= 0.3 is 0 Å². The van der Waals surface area contributed by atoms with Gasteiger partial charge in [0.1, 0.15) is 0 Å². The lowest BCUT2D eigenvalue weighted by Crippen LogP contribution is -2.35. The molecule has 3 heteroatoms. The fraction of sp³-hybridized carbons (Fsp3) is 0.0714. The van der Waals surface area contributed by atoms with Gasteiger partial charge in [0.2, 0.25) is 5.79 Å². The SMILES string of the molecule is O=C1c2ccccc2C(O)(O)c2ccccc21. The van der Waals surface area contributed by atoms with Gasteiger partial charge in [-0.1, -0.05) is 48.5 Å². The number of hydrogen-bond donors (Lipinski definition) is 2. The van der Waals surface area contributed by atoms with Crippen molar-refractivity contribution in [3.05, 3.63) is 70.8 Å². The molecular weight excluding hydrogens is 216 g/mol. The summed E-state index contributed by atoms with van der Waals surface area (Å²) in [5, 5.41) is 20.4. The van der Waals surface area contributed by atoms with Crippen LogP contribution in [0.5, 0.6) is 0 Å². The number of rotatable bonds is 0. The lowest BCUT2D eigenvalue weighted by Gasteiger charge is -2.30. The Balaban J connectivity index is 2.38. The Labute approximate surface area is 98.0 Å². The topological polar surface area (TPSA) is 57.5 Å². The molecule has 0 bridgehead atoms. The largest absolute Gasteiger partial charge is 0.358 e. The average molecular weight is 226 g/mol. The molecule has 0 amide bonds. The maximum atomic E-state index is 12.2. The highest BCUT2D eigenvalue weighted by Gasteiger charge is 2.40.